The Morgan fingerprint density at radius 3 is 2.67 bits per heavy atom. The van der Waals surface area contributed by atoms with E-state index in [2.05, 4.69) is 35.8 Å². The fraction of sp³-hybridized carbons (Fsp3) is 1.00. The summed E-state index contributed by atoms with van der Waals surface area (Å²) in [6, 6.07) is 0.488. The van der Waals surface area contributed by atoms with E-state index in [1.807, 2.05) is 7.05 Å². The summed E-state index contributed by atoms with van der Waals surface area (Å²) >= 11 is 4.15. The number of nitrogens with one attached hydrogen (secondary N) is 1. The molecule has 0 aromatic heterocycles. The third-order valence-corrected chi connectivity index (χ3v) is 9.06. The molecular weight excluding hydrogens is 324 g/mol. The fourth-order valence-corrected chi connectivity index (χ4v) is 7.35. The van der Waals surface area contributed by atoms with Crippen LogP contribution in [-0.4, -0.2) is 67.2 Å². The van der Waals surface area contributed by atoms with E-state index >= 15 is 0 Å². The summed E-state index contributed by atoms with van der Waals surface area (Å²) in [5, 5.41) is 4.82. The first-order valence-corrected chi connectivity index (χ1v) is 11.7. The Hall–Kier alpha value is 0.570. The van der Waals surface area contributed by atoms with Crippen LogP contribution in [0.1, 0.15) is 26.2 Å². The van der Waals surface area contributed by atoms with Crippen molar-refractivity contribution < 1.29 is 8.42 Å². The molecule has 0 aliphatic carbocycles. The van der Waals surface area contributed by atoms with Crippen molar-refractivity contribution in [3.8, 4) is 0 Å². The lowest BCUT2D eigenvalue weighted by atomic mass is 9.90. The van der Waals surface area contributed by atoms with Crippen molar-refractivity contribution in [2.24, 2.45) is 5.92 Å². The van der Waals surface area contributed by atoms with Crippen molar-refractivity contribution in [2.45, 2.75) is 42.7 Å². The summed E-state index contributed by atoms with van der Waals surface area (Å²) in [6.45, 7) is 3.73. The molecule has 7 heteroatoms. The Morgan fingerprint density at radius 2 is 2.05 bits per heavy atom. The largest absolute Gasteiger partial charge is 0.316 e. The zero-order valence-corrected chi connectivity index (χ0v) is 15.7. The van der Waals surface area contributed by atoms with Gasteiger partial charge in [0.15, 0.2) is 0 Å². The molecule has 0 saturated carbocycles. The standard InChI is InChI=1S/C14H28N2O2S3/c1-11-14(20-8-7-19-11)13(15-2)9-12-5-4-6-16(10-12)21(3,17)18/h11-15H,4-10H2,1-3H3. The summed E-state index contributed by atoms with van der Waals surface area (Å²) < 4.78 is 25.2. The van der Waals surface area contributed by atoms with Gasteiger partial charge in [-0.15, -0.1) is 0 Å². The highest BCUT2D eigenvalue weighted by Crippen LogP contribution is 2.35. The van der Waals surface area contributed by atoms with Crippen LogP contribution in [0.3, 0.4) is 0 Å². The Morgan fingerprint density at radius 1 is 1.33 bits per heavy atom. The second kappa shape index (κ2) is 7.90. The van der Waals surface area contributed by atoms with Gasteiger partial charge in [0.05, 0.1) is 6.26 Å². The first-order chi connectivity index (χ1) is 9.91. The molecule has 1 N–H and O–H groups in total. The van der Waals surface area contributed by atoms with E-state index in [9.17, 15) is 8.42 Å². The van der Waals surface area contributed by atoms with Crippen molar-refractivity contribution in [3.63, 3.8) is 0 Å². The van der Waals surface area contributed by atoms with Gasteiger partial charge in [0.25, 0.3) is 0 Å². The molecule has 2 aliphatic rings. The third-order valence-electron chi connectivity index (χ3n) is 4.54. The summed E-state index contributed by atoms with van der Waals surface area (Å²) in [5.41, 5.74) is 0. The number of thioether (sulfide) groups is 2. The van der Waals surface area contributed by atoms with Crippen molar-refractivity contribution >= 4 is 33.5 Å². The predicted molar refractivity (Wildman–Crippen MR) is 94.8 cm³/mol. The van der Waals surface area contributed by atoms with E-state index in [1.54, 1.807) is 4.31 Å². The minimum absolute atomic E-state index is 0.488. The highest BCUT2D eigenvalue weighted by Gasteiger charge is 2.33. The topological polar surface area (TPSA) is 49.4 Å². The second-order valence-corrected chi connectivity index (χ2v) is 10.9. The minimum atomic E-state index is -3.03. The molecule has 2 aliphatic heterocycles. The molecule has 0 spiro atoms. The molecule has 2 fully saturated rings. The van der Waals surface area contributed by atoms with E-state index in [0.29, 0.717) is 35.5 Å². The van der Waals surface area contributed by atoms with Crippen LogP contribution in [0, 0.1) is 5.92 Å². The quantitative estimate of drug-likeness (QED) is 0.819. The van der Waals surface area contributed by atoms with Gasteiger partial charge in [-0.3, -0.25) is 0 Å². The van der Waals surface area contributed by atoms with E-state index in [0.717, 1.165) is 19.3 Å². The average molecular weight is 353 g/mol. The van der Waals surface area contributed by atoms with E-state index in [1.165, 1.54) is 17.8 Å². The lowest BCUT2D eigenvalue weighted by molar-refractivity contribution is 0.238. The smallest absolute Gasteiger partial charge is 0.211 e. The lowest BCUT2D eigenvalue weighted by Gasteiger charge is -2.38. The monoisotopic (exact) mass is 352 g/mol. The van der Waals surface area contributed by atoms with Crippen molar-refractivity contribution in [1.82, 2.24) is 9.62 Å². The first kappa shape index (κ1) is 17.9. The Kier molecular flexibility index (Phi) is 6.74. The zero-order valence-electron chi connectivity index (χ0n) is 13.2. The molecule has 2 heterocycles. The molecule has 124 valence electrons. The van der Waals surface area contributed by atoms with Gasteiger partial charge in [-0.25, -0.2) is 12.7 Å². The first-order valence-electron chi connectivity index (χ1n) is 7.77. The lowest BCUT2D eigenvalue weighted by Crippen LogP contribution is -2.46. The number of hydrogen-bond donors (Lipinski definition) is 1. The number of hydrogen-bond acceptors (Lipinski definition) is 5. The Bertz CT molecular complexity index is 430. The zero-order chi connectivity index (χ0) is 15.5. The highest BCUT2D eigenvalue weighted by atomic mass is 32.2. The van der Waals surface area contributed by atoms with Crippen LogP contribution in [0.15, 0.2) is 0 Å². The molecule has 2 rings (SSSR count). The maximum absolute atomic E-state index is 11.7. The van der Waals surface area contributed by atoms with Crippen LogP contribution in [0.5, 0.6) is 0 Å². The van der Waals surface area contributed by atoms with Crippen molar-refractivity contribution in [1.29, 1.82) is 0 Å². The van der Waals surface area contributed by atoms with E-state index in [-0.39, 0.29) is 0 Å². The molecule has 21 heavy (non-hydrogen) atoms. The predicted octanol–water partition coefficient (Wildman–Crippen LogP) is 1.87. The maximum atomic E-state index is 11.7. The van der Waals surface area contributed by atoms with Crippen LogP contribution in [0.25, 0.3) is 0 Å². The van der Waals surface area contributed by atoms with E-state index < -0.39 is 10.0 Å². The molecule has 0 aromatic carbocycles. The minimum Gasteiger partial charge on any atom is -0.316 e. The van der Waals surface area contributed by atoms with Gasteiger partial charge in [-0.1, -0.05) is 6.92 Å². The molecule has 4 nitrogen and oxygen atoms in total. The molecule has 0 radical (unpaired) electrons. The number of nitrogens with zero attached hydrogens (tertiary/aromatic N) is 1. The van der Waals surface area contributed by atoms with Gasteiger partial charge in [-0.2, -0.15) is 23.5 Å². The fourth-order valence-electron chi connectivity index (χ4n) is 3.39. The average Bonchev–Trinajstić information content (AvgIpc) is 2.45. The van der Waals surface area contributed by atoms with Crippen LogP contribution >= 0.6 is 23.5 Å². The van der Waals surface area contributed by atoms with Crippen molar-refractivity contribution in [3.05, 3.63) is 0 Å². The molecule has 4 atom stereocenters. The second-order valence-electron chi connectivity index (χ2n) is 6.17. The molecule has 0 bridgehead atoms. The van der Waals surface area contributed by atoms with Gasteiger partial charge >= 0.3 is 0 Å². The van der Waals surface area contributed by atoms with Crippen LogP contribution < -0.4 is 5.32 Å². The summed E-state index contributed by atoms with van der Waals surface area (Å²) in [4.78, 5) is 0. The van der Waals surface area contributed by atoms with Gasteiger partial charge in [-0.05, 0) is 32.2 Å². The van der Waals surface area contributed by atoms with E-state index in [4.69, 9.17) is 0 Å². The van der Waals surface area contributed by atoms with Crippen molar-refractivity contribution in [2.75, 3.05) is 37.9 Å². The number of sulfonamides is 1. The number of piperidine rings is 1. The highest BCUT2D eigenvalue weighted by molar-refractivity contribution is 8.07. The summed E-state index contributed by atoms with van der Waals surface area (Å²) in [6.07, 6.45) is 4.57. The molecule has 2 saturated heterocycles. The molecular formula is C14H28N2O2S3. The molecule has 0 aromatic rings. The Labute approximate surface area is 138 Å². The SMILES string of the molecule is CNC(CC1CCCN(S(C)(=O)=O)C1)C1SCCSC1C. The Balaban J connectivity index is 1.94. The van der Waals surface area contributed by atoms with Gasteiger partial charge in [0, 0.05) is 41.1 Å². The molecule has 4 unspecified atom stereocenters. The third kappa shape index (κ3) is 5.03. The normalized spacial score (nSPS) is 33.8. The summed E-state index contributed by atoms with van der Waals surface area (Å²) in [5.74, 6) is 2.98. The maximum Gasteiger partial charge on any atom is 0.211 e. The van der Waals surface area contributed by atoms with Crippen LogP contribution in [0.4, 0.5) is 0 Å². The van der Waals surface area contributed by atoms with Crippen LogP contribution in [-0.2, 0) is 10.0 Å². The van der Waals surface area contributed by atoms with Crippen LogP contribution in [0.2, 0.25) is 0 Å². The van der Waals surface area contributed by atoms with Gasteiger partial charge < -0.3 is 5.32 Å². The van der Waals surface area contributed by atoms with Gasteiger partial charge in [0.1, 0.15) is 0 Å². The molecule has 0 amide bonds. The number of rotatable bonds is 5. The summed E-state index contributed by atoms with van der Waals surface area (Å²) in [7, 11) is -0.983. The van der Waals surface area contributed by atoms with Gasteiger partial charge in [0.2, 0.25) is 10.0 Å².